The number of nitrogens with two attached hydrogens (primary N) is 1. The van der Waals surface area contributed by atoms with Crippen LogP contribution in [0.3, 0.4) is 0 Å². The molecular weight excluding hydrogens is 252 g/mol. The number of amides is 1. The Bertz CT molecular complexity index is 503. The first-order valence-electron chi connectivity index (χ1n) is 7.43. The van der Waals surface area contributed by atoms with Gasteiger partial charge in [-0.25, -0.2) is 0 Å². The normalized spacial score (nSPS) is 28.9. The fourth-order valence-corrected chi connectivity index (χ4v) is 3.33. The number of piperidine rings is 1. The van der Waals surface area contributed by atoms with Crippen LogP contribution in [0.15, 0.2) is 24.3 Å². The van der Waals surface area contributed by atoms with Crippen LogP contribution in [-0.2, 0) is 4.79 Å². The van der Waals surface area contributed by atoms with Crippen LogP contribution in [0.25, 0.3) is 0 Å². The first kappa shape index (κ1) is 13.4. The number of likely N-dealkylation sites (tertiary alicyclic amines) is 1. The first-order valence-corrected chi connectivity index (χ1v) is 7.43. The molecule has 2 aliphatic rings. The predicted octanol–water partition coefficient (Wildman–Crippen LogP) is 1.75. The standard InChI is InChI=1S/C16H22N2O2/c1-11-6-7-18(12(8-11)9-17)16(19)14-10-20-15-5-3-2-4-13(14)15/h2-5,11-12,14H,6-10,17H2,1H3. The van der Waals surface area contributed by atoms with Crippen LogP contribution < -0.4 is 10.5 Å². The maximum Gasteiger partial charge on any atom is 0.234 e. The summed E-state index contributed by atoms with van der Waals surface area (Å²) in [5.41, 5.74) is 6.88. The van der Waals surface area contributed by atoms with E-state index < -0.39 is 0 Å². The summed E-state index contributed by atoms with van der Waals surface area (Å²) in [5.74, 6) is 1.52. The van der Waals surface area contributed by atoms with Crippen molar-refractivity contribution in [2.24, 2.45) is 11.7 Å². The van der Waals surface area contributed by atoms with E-state index in [2.05, 4.69) is 6.92 Å². The summed E-state index contributed by atoms with van der Waals surface area (Å²) < 4.78 is 5.63. The quantitative estimate of drug-likeness (QED) is 0.894. The lowest BCUT2D eigenvalue weighted by atomic mass is 9.90. The van der Waals surface area contributed by atoms with Crippen molar-refractivity contribution in [1.29, 1.82) is 0 Å². The van der Waals surface area contributed by atoms with Gasteiger partial charge in [0.1, 0.15) is 18.3 Å². The summed E-state index contributed by atoms with van der Waals surface area (Å²) in [5, 5.41) is 0. The molecule has 4 nitrogen and oxygen atoms in total. The van der Waals surface area contributed by atoms with Gasteiger partial charge in [-0.2, -0.15) is 0 Å². The molecule has 0 radical (unpaired) electrons. The average molecular weight is 274 g/mol. The maximum absolute atomic E-state index is 12.8. The molecule has 3 atom stereocenters. The third-order valence-corrected chi connectivity index (χ3v) is 4.53. The Labute approximate surface area is 119 Å². The molecule has 1 saturated heterocycles. The van der Waals surface area contributed by atoms with Gasteiger partial charge in [0.05, 0.1) is 0 Å². The Kier molecular flexibility index (Phi) is 3.66. The minimum absolute atomic E-state index is 0.159. The third kappa shape index (κ3) is 2.29. The van der Waals surface area contributed by atoms with Gasteiger partial charge in [0.15, 0.2) is 0 Å². The highest BCUT2D eigenvalue weighted by Crippen LogP contribution is 2.36. The van der Waals surface area contributed by atoms with E-state index in [1.165, 1.54) is 0 Å². The highest BCUT2D eigenvalue weighted by atomic mass is 16.5. The van der Waals surface area contributed by atoms with Gasteiger partial charge in [0, 0.05) is 24.7 Å². The van der Waals surface area contributed by atoms with E-state index in [1.807, 2.05) is 29.2 Å². The molecule has 4 heteroatoms. The minimum atomic E-state index is -0.159. The molecule has 3 unspecified atom stereocenters. The molecule has 0 aliphatic carbocycles. The molecule has 0 spiro atoms. The molecule has 0 aromatic heterocycles. The Morgan fingerprint density at radius 2 is 2.25 bits per heavy atom. The Hall–Kier alpha value is -1.55. The molecule has 3 rings (SSSR count). The van der Waals surface area contributed by atoms with Crippen LogP contribution in [0.5, 0.6) is 5.75 Å². The fraction of sp³-hybridized carbons (Fsp3) is 0.562. The largest absolute Gasteiger partial charge is 0.492 e. The molecule has 1 fully saturated rings. The van der Waals surface area contributed by atoms with Crippen LogP contribution in [-0.4, -0.2) is 36.5 Å². The summed E-state index contributed by atoms with van der Waals surface area (Å²) in [4.78, 5) is 14.8. The van der Waals surface area contributed by atoms with E-state index in [1.54, 1.807) is 0 Å². The van der Waals surface area contributed by atoms with Crippen LogP contribution in [0, 0.1) is 5.92 Å². The fourth-order valence-electron chi connectivity index (χ4n) is 3.33. The number of hydrogen-bond donors (Lipinski definition) is 1. The van der Waals surface area contributed by atoms with Crippen molar-refractivity contribution >= 4 is 5.91 Å². The first-order chi connectivity index (χ1) is 9.70. The summed E-state index contributed by atoms with van der Waals surface area (Å²) in [6, 6.07) is 8.01. The van der Waals surface area contributed by atoms with Gasteiger partial charge in [-0.15, -0.1) is 0 Å². The maximum atomic E-state index is 12.8. The number of hydrogen-bond acceptors (Lipinski definition) is 3. The minimum Gasteiger partial charge on any atom is -0.492 e. The third-order valence-electron chi connectivity index (χ3n) is 4.53. The van der Waals surface area contributed by atoms with Crippen molar-refractivity contribution in [3.63, 3.8) is 0 Å². The molecule has 20 heavy (non-hydrogen) atoms. The molecule has 2 heterocycles. The second kappa shape index (κ2) is 5.44. The molecule has 2 aliphatic heterocycles. The Morgan fingerprint density at radius 1 is 1.45 bits per heavy atom. The van der Waals surface area contributed by atoms with Gasteiger partial charge >= 0.3 is 0 Å². The molecule has 1 aromatic carbocycles. The highest BCUT2D eigenvalue weighted by Gasteiger charge is 2.37. The lowest BCUT2D eigenvalue weighted by molar-refractivity contribution is -0.137. The molecule has 2 N–H and O–H groups in total. The zero-order chi connectivity index (χ0) is 14.1. The summed E-state index contributed by atoms with van der Waals surface area (Å²) in [6.45, 7) is 4.06. The number of para-hydroxylation sites is 1. The number of nitrogens with zero attached hydrogens (tertiary/aromatic N) is 1. The molecule has 1 amide bonds. The predicted molar refractivity (Wildman–Crippen MR) is 77.6 cm³/mol. The number of benzene rings is 1. The van der Waals surface area contributed by atoms with Crippen molar-refractivity contribution in [3.05, 3.63) is 29.8 Å². The number of ether oxygens (including phenoxy) is 1. The van der Waals surface area contributed by atoms with Crippen LogP contribution in [0.1, 0.15) is 31.2 Å². The van der Waals surface area contributed by atoms with Gasteiger partial charge in [-0.1, -0.05) is 25.1 Å². The molecule has 0 bridgehead atoms. The second-order valence-electron chi connectivity index (χ2n) is 5.95. The van der Waals surface area contributed by atoms with E-state index >= 15 is 0 Å². The Balaban J connectivity index is 1.79. The van der Waals surface area contributed by atoms with E-state index in [9.17, 15) is 4.79 Å². The van der Waals surface area contributed by atoms with Crippen LogP contribution >= 0.6 is 0 Å². The van der Waals surface area contributed by atoms with Crippen molar-refractivity contribution in [1.82, 2.24) is 4.90 Å². The molecule has 0 saturated carbocycles. The summed E-state index contributed by atoms with van der Waals surface area (Å²) >= 11 is 0. The van der Waals surface area contributed by atoms with Gasteiger partial charge in [-0.3, -0.25) is 4.79 Å². The number of fused-ring (bicyclic) bond motifs is 1. The topological polar surface area (TPSA) is 55.6 Å². The van der Waals surface area contributed by atoms with Crippen molar-refractivity contribution < 1.29 is 9.53 Å². The van der Waals surface area contributed by atoms with Crippen LogP contribution in [0.4, 0.5) is 0 Å². The van der Waals surface area contributed by atoms with Gasteiger partial charge in [0.25, 0.3) is 0 Å². The van der Waals surface area contributed by atoms with Crippen molar-refractivity contribution in [2.75, 3.05) is 19.7 Å². The van der Waals surface area contributed by atoms with E-state index in [0.29, 0.717) is 19.1 Å². The van der Waals surface area contributed by atoms with E-state index in [-0.39, 0.29) is 17.9 Å². The molecular formula is C16H22N2O2. The lowest BCUT2D eigenvalue weighted by Gasteiger charge is -2.39. The van der Waals surface area contributed by atoms with Gasteiger partial charge < -0.3 is 15.4 Å². The lowest BCUT2D eigenvalue weighted by Crippen LogP contribution is -2.51. The van der Waals surface area contributed by atoms with Crippen molar-refractivity contribution in [2.45, 2.75) is 31.7 Å². The van der Waals surface area contributed by atoms with Crippen molar-refractivity contribution in [3.8, 4) is 5.75 Å². The second-order valence-corrected chi connectivity index (χ2v) is 5.95. The molecule has 1 aromatic rings. The van der Waals surface area contributed by atoms with E-state index in [4.69, 9.17) is 10.5 Å². The summed E-state index contributed by atoms with van der Waals surface area (Å²) in [7, 11) is 0. The van der Waals surface area contributed by atoms with Gasteiger partial charge in [-0.05, 0) is 24.8 Å². The SMILES string of the molecule is CC1CCN(C(=O)C2COc3ccccc32)C(CN)C1. The number of rotatable bonds is 2. The van der Waals surface area contributed by atoms with Gasteiger partial charge in [0.2, 0.25) is 5.91 Å². The average Bonchev–Trinajstić information content (AvgIpc) is 2.90. The Morgan fingerprint density at radius 3 is 3.05 bits per heavy atom. The number of carbonyl (C=O) groups is 1. The number of carbonyl (C=O) groups excluding carboxylic acids is 1. The zero-order valence-electron chi connectivity index (χ0n) is 11.9. The van der Waals surface area contributed by atoms with E-state index in [0.717, 1.165) is 30.7 Å². The zero-order valence-corrected chi connectivity index (χ0v) is 11.9. The highest BCUT2D eigenvalue weighted by molar-refractivity contribution is 5.86. The smallest absolute Gasteiger partial charge is 0.234 e. The monoisotopic (exact) mass is 274 g/mol. The summed E-state index contributed by atoms with van der Waals surface area (Å²) in [6.07, 6.45) is 2.08. The molecule has 108 valence electrons. The van der Waals surface area contributed by atoms with Crippen LogP contribution in [0.2, 0.25) is 0 Å².